The Morgan fingerprint density at radius 1 is 1.29 bits per heavy atom. The van der Waals surface area contributed by atoms with Crippen LogP contribution in [0.3, 0.4) is 0 Å². The highest BCUT2D eigenvalue weighted by Gasteiger charge is 2.29. The van der Waals surface area contributed by atoms with Gasteiger partial charge in [-0.2, -0.15) is 0 Å². The van der Waals surface area contributed by atoms with Gasteiger partial charge in [-0.25, -0.2) is 4.98 Å². The van der Waals surface area contributed by atoms with Crippen LogP contribution in [0.1, 0.15) is 38.4 Å². The molecule has 1 aromatic heterocycles. The lowest BCUT2D eigenvalue weighted by atomic mass is 10.5. The lowest BCUT2D eigenvalue weighted by Gasteiger charge is -2.21. The molecule has 17 heavy (non-hydrogen) atoms. The number of nitrogens with zero attached hydrogens (tertiary/aromatic N) is 1. The van der Waals surface area contributed by atoms with Gasteiger partial charge >= 0.3 is 7.60 Å². The summed E-state index contributed by atoms with van der Waals surface area (Å²) in [5, 5.41) is 2.73. The number of hydrogen-bond donors (Lipinski definition) is 0. The summed E-state index contributed by atoms with van der Waals surface area (Å²) >= 11 is 1.49. The first-order chi connectivity index (χ1) is 7.81. The molecule has 1 aromatic rings. The van der Waals surface area contributed by atoms with Crippen LogP contribution in [0.5, 0.6) is 0 Å². The van der Waals surface area contributed by atoms with E-state index in [-0.39, 0.29) is 18.4 Å². The zero-order chi connectivity index (χ0) is 13.1. The Balaban J connectivity index is 2.79. The Morgan fingerprint density at radius 2 is 1.82 bits per heavy atom. The van der Waals surface area contributed by atoms with Gasteiger partial charge in [0.05, 0.1) is 12.2 Å². The molecule has 0 aromatic carbocycles. The summed E-state index contributed by atoms with van der Waals surface area (Å²) in [6, 6.07) is 0. The average Bonchev–Trinajstić information content (AvgIpc) is 2.46. The lowest BCUT2D eigenvalue weighted by Crippen LogP contribution is -2.09. The Hall–Kier alpha value is -0.220. The highest BCUT2D eigenvalue weighted by atomic mass is 32.1. The second kappa shape index (κ2) is 6.10. The van der Waals surface area contributed by atoms with E-state index in [2.05, 4.69) is 4.98 Å². The van der Waals surface area contributed by atoms with Crippen LogP contribution in [0.4, 0.5) is 0 Å². The van der Waals surface area contributed by atoms with E-state index in [1.165, 1.54) is 11.3 Å². The quantitative estimate of drug-likeness (QED) is 0.737. The topological polar surface area (TPSA) is 48.4 Å². The normalized spacial score (nSPS) is 12.6. The smallest absolute Gasteiger partial charge is 0.306 e. The fraction of sp³-hybridized carbons (Fsp3) is 0.727. The third-order valence-electron chi connectivity index (χ3n) is 1.74. The van der Waals surface area contributed by atoms with Crippen LogP contribution in [-0.4, -0.2) is 17.2 Å². The molecular weight excluding hydrogens is 257 g/mol. The first kappa shape index (κ1) is 14.8. The molecule has 1 rings (SSSR count). The number of hydrogen-bond acceptors (Lipinski definition) is 5. The van der Waals surface area contributed by atoms with Crippen molar-refractivity contribution in [3.05, 3.63) is 16.1 Å². The summed E-state index contributed by atoms with van der Waals surface area (Å²) in [4.78, 5) is 4.30. The maximum atomic E-state index is 12.5. The van der Waals surface area contributed by atoms with Gasteiger partial charge in [-0.3, -0.25) is 4.57 Å². The van der Waals surface area contributed by atoms with Crippen LogP contribution in [0.25, 0.3) is 0 Å². The van der Waals surface area contributed by atoms with Crippen molar-refractivity contribution in [1.82, 2.24) is 4.98 Å². The number of aromatic nitrogens is 1. The molecule has 0 atom stereocenters. The molecule has 6 heteroatoms. The molecule has 98 valence electrons. The predicted molar refractivity (Wildman–Crippen MR) is 70.6 cm³/mol. The second-order valence-corrected chi connectivity index (χ2v) is 7.36. The summed E-state index contributed by atoms with van der Waals surface area (Å²) in [6.07, 6.45) is 0.00304. The molecule has 0 bridgehead atoms. The third kappa shape index (κ3) is 5.30. The van der Waals surface area contributed by atoms with Crippen LogP contribution in [0, 0.1) is 6.92 Å². The molecule has 1 heterocycles. The average molecular weight is 277 g/mol. The predicted octanol–water partition coefficient (Wildman–Crippen LogP) is 3.99. The SMILES string of the molecule is Cc1csc(CP(=O)(OC(C)C)OC(C)C)n1. The van der Waals surface area contributed by atoms with Crippen molar-refractivity contribution < 1.29 is 13.6 Å². The highest BCUT2D eigenvalue weighted by molar-refractivity contribution is 7.53. The first-order valence-electron chi connectivity index (χ1n) is 5.67. The molecule has 0 spiro atoms. The standard InChI is InChI=1S/C11H20NO3PS/c1-8(2)14-16(13,15-9(3)4)6-11-12-10(5)7-17-11/h7-9H,6H2,1-5H3. The first-order valence-corrected chi connectivity index (χ1v) is 8.28. The summed E-state index contributed by atoms with van der Waals surface area (Å²) < 4.78 is 23.5. The van der Waals surface area contributed by atoms with Crippen LogP contribution >= 0.6 is 18.9 Å². The van der Waals surface area contributed by atoms with Gasteiger partial charge < -0.3 is 9.05 Å². The van der Waals surface area contributed by atoms with Crippen molar-refractivity contribution in [2.45, 2.75) is 53.0 Å². The minimum absolute atomic E-state index is 0.124. The summed E-state index contributed by atoms with van der Waals surface area (Å²) in [5.41, 5.74) is 0.936. The van der Waals surface area contributed by atoms with Crippen LogP contribution in [-0.2, 0) is 19.8 Å². The van der Waals surface area contributed by atoms with Crippen molar-refractivity contribution >= 4 is 18.9 Å². The maximum absolute atomic E-state index is 12.5. The number of aryl methyl sites for hydroxylation is 1. The number of thiazole rings is 1. The second-order valence-electron chi connectivity index (χ2n) is 4.46. The third-order valence-corrected chi connectivity index (χ3v) is 5.09. The molecule has 0 aliphatic rings. The van der Waals surface area contributed by atoms with Gasteiger partial charge in [0.15, 0.2) is 0 Å². The van der Waals surface area contributed by atoms with Crippen molar-refractivity contribution in [1.29, 1.82) is 0 Å². The molecule has 0 radical (unpaired) electrons. The zero-order valence-corrected chi connectivity index (χ0v) is 12.7. The van der Waals surface area contributed by atoms with Gasteiger partial charge in [-0.05, 0) is 34.6 Å². The Morgan fingerprint density at radius 3 is 2.18 bits per heavy atom. The van der Waals surface area contributed by atoms with Crippen molar-refractivity contribution in [2.75, 3.05) is 0 Å². The molecule has 0 saturated carbocycles. The van der Waals surface area contributed by atoms with E-state index in [9.17, 15) is 4.57 Å². The van der Waals surface area contributed by atoms with Gasteiger partial charge in [0.1, 0.15) is 11.2 Å². The van der Waals surface area contributed by atoms with Gasteiger partial charge in [0.2, 0.25) is 0 Å². The van der Waals surface area contributed by atoms with Crippen LogP contribution < -0.4 is 0 Å². The van der Waals surface area contributed by atoms with E-state index in [1.807, 2.05) is 40.0 Å². The fourth-order valence-electron chi connectivity index (χ4n) is 1.38. The van der Waals surface area contributed by atoms with E-state index in [0.29, 0.717) is 0 Å². The molecule has 0 unspecified atom stereocenters. The van der Waals surface area contributed by atoms with Crippen LogP contribution in [0.15, 0.2) is 5.38 Å². The highest BCUT2D eigenvalue weighted by Crippen LogP contribution is 2.53. The van der Waals surface area contributed by atoms with Gasteiger partial charge in [0.25, 0.3) is 0 Å². The van der Waals surface area contributed by atoms with Crippen molar-refractivity contribution in [3.63, 3.8) is 0 Å². The number of rotatable bonds is 6. The van der Waals surface area contributed by atoms with Gasteiger partial charge in [-0.15, -0.1) is 11.3 Å². The molecular formula is C11H20NO3PS. The Bertz CT molecular complexity index is 389. The largest absolute Gasteiger partial charge is 0.337 e. The summed E-state index contributed by atoms with van der Waals surface area (Å²) in [6.45, 7) is 9.32. The molecule has 0 aliphatic heterocycles. The van der Waals surface area contributed by atoms with E-state index in [4.69, 9.17) is 9.05 Å². The molecule has 0 N–H and O–H groups in total. The molecule has 4 nitrogen and oxygen atoms in total. The summed E-state index contributed by atoms with van der Waals surface area (Å²) in [7, 11) is -3.09. The van der Waals surface area contributed by atoms with E-state index in [1.54, 1.807) is 0 Å². The molecule has 0 fully saturated rings. The lowest BCUT2D eigenvalue weighted by molar-refractivity contribution is 0.141. The minimum atomic E-state index is -3.09. The monoisotopic (exact) mass is 277 g/mol. The van der Waals surface area contributed by atoms with Crippen molar-refractivity contribution in [2.24, 2.45) is 0 Å². The van der Waals surface area contributed by atoms with E-state index < -0.39 is 7.60 Å². The molecule has 0 saturated heterocycles. The summed E-state index contributed by atoms with van der Waals surface area (Å²) in [5.74, 6) is 0. The Labute approximate surface area is 107 Å². The van der Waals surface area contributed by atoms with E-state index in [0.717, 1.165) is 10.7 Å². The molecule has 0 aliphatic carbocycles. The fourth-order valence-corrected chi connectivity index (χ4v) is 4.60. The zero-order valence-electron chi connectivity index (χ0n) is 11.0. The van der Waals surface area contributed by atoms with Crippen molar-refractivity contribution in [3.8, 4) is 0 Å². The van der Waals surface area contributed by atoms with Crippen LogP contribution in [0.2, 0.25) is 0 Å². The van der Waals surface area contributed by atoms with E-state index >= 15 is 0 Å². The van der Waals surface area contributed by atoms with Gasteiger partial charge in [0, 0.05) is 11.1 Å². The Kier molecular flexibility index (Phi) is 5.32. The minimum Gasteiger partial charge on any atom is -0.306 e. The maximum Gasteiger partial charge on any atom is 0.337 e. The molecule has 0 amide bonds. The van der Waals surface area contributed by atoms with Gasteiger partial charge in [-0.1, -0.05) is 0 Å².